The molecule has 2 atom stereocenters. The molecule has 1 fully saturated rings. The average molecular weight is 168 g/mol. The molecule has 0 heterocycles. The van der Waals surface area contributed by atoms with Gasteiger partial charge in [0.1, 0.15) is 0 Å². The summed E-state index contributed by atoms with van der Waals surface area (Å²) in [5.74, 6) is 1.73. The molecule has 0 aromatic carbocycles. The van der Waals surface area contributed by atoms with E-state index < -0.39 is 0 Å². The van der Waals surface area contributed by atoms with E-state index in [2.05, 4.69) is 41.5 Å². The Kier molecular flexibility index (Phi) is 2.31. The van der Waals surface area contributed by atoms with Gasteiger partial charge in [0.2, 0.25) is 0 Å². The summed E-state index contributed by atoms with van der Waals surface area (Å²) in [6.07, 6.45) is 2.84. The van der Waals surface area contributed by atoms with E-state index in [1.54, 1.807) is 0 Å². The van der Waals surface area contributed by atoms with Crippen LogP contribution in [0, 0.1) is 22.7 Å². The van der Waals surface area contributed by atoms with Crippen LogP contribution in [-0.4, -0.2) is 0 Å². The summed E-state index contributed by atoms with van der Waals surface area (Å²) in [7, 11) is 0. The molecular formula is C12H24. The first-order valence-corrected chi connectivity index (χ1v) is 5.28. The topological polar surface area (TPSA) is 0 Å². The van der Waals surface area contributed by atoms with E-state index in [1.807, 2.05) is 0 Å². The maximum Gasteiger partial charge on any atom is -0.0266 e. The highest BCUT2D eigenvalue weighted by Gasteiger charge is 2.57. The van der Waals surface area contributed by atoms with Crippen molar-refractivity contribution in [3.8, 4) is 0 Å². The largest absolute Gasteiger partial charge is 0.0625 e. The van der Waals surface area contributed by atoms with Crippen LogP contribution in [0.5, 0.6) is 0 Å². The molecule has 0 bridgehead atoms. The number of hydrogen-bond donors (Lipinski definition) is 0. The first-order valence-electron chi connectivity index (χ1n) is 5.28. The molecule has 0 N–H and O–H groups in total. The molecule has 0 spiro atoms. The molecule has 0 amide bonds. The lowest BCUT2D eigenvalue weighted by Crippen LogP contribution is -2.13. The van der Waals surface area contributed by atoms with E-state index in [1.165, 1.54) is 12.8 Å². The average Bonchev–Trinajstić information content (AvgIpc) is 2.30. The summed E-state index contributed by atoms with van der Waals surface area (Å²) >= 11 is 0. The minimum Gasteiger partial charge on any atom is -0.0625 e. The number of hydrogen-bond acceptors (Lipinski definition) is 0. The minimum atomic E-state index is 0.621. The van der Waals surface area contributed by atoms with Crippen molar-refractivity contribution in [2.75, 3.05) is 0 Å². The fraction of sp³-hybridized carbons (Fsp3) is 1.00. The van der Waals surface area contributed by atoms with Gasteiger partial charge in [0.15, 0.2) is 0 Å². The highest BCUT2D eigenvalue weighted by Crippen LogP contribution is 2.66. The van der Waals surface area contributed by atoms with Crippen molar-refractivity contribution < 1.29 is 0 Å². The van der Waals surface area contributed by atoms with Crippen molar-refractivity contribution in [2.24, 2.45) is 22.7 Å². The summed E-state index contributed by atoms with van der Waals surface area (Å²) in [6.45, 7) is 14.3. The predicted octanol–water partition coefficient (Wildman–Crippen LogP) is 4.10. The van der Waals surface area contributed by atoms with Gasteiger partial charge in [-0.05, 0) is 35.5 Å². The van der Waals surface area contributed by atoms with Gasteiger partial charge in [-0.2, -0.15) is 0 Å². The Balaban J connectivity index is 2.44. The smallest absolute Gasteiger partial charge is 0.0266 e. The Labute approximate surface area is 77.7 Å². The van der Waals surface area contributed by atoms with Crippen LogP contribution < -0.4 is 0 Å². The summed E-state index contributed by atoms with van der Waals surface area (Å²) < 4.78 is 0. The van der Waals surface area contributed by atoms with E-state index in [9.17, 15) is 0 Å². The van der Waals surface area contributed by atoms with E-state index in [4.69, 9.17) is 0 Å². The third kappa shape index (κ3) is 1.67. The zero-order chi connectivity index (χ0) is 9.57. The molecule has 72 valence electrons. The molecule has 2 unspecified atom stereocenters. The van der Waals surface area contributed by atoms with E-state index in [0.717, 1.165) is 11.8 Å². The lowest BCUT2D eigenvalue weighted by Gasteiger charge is -2.22. The van der Waals surface area contributed by atoms with Crippen molar-refractivity contribution >= 4 is 0 Å². The molecule has 0 aliphatic heterocycles. The molecule has 1 rings (SSSR count). The first kappa shape index (κ1) is 10.1. The zero-order valence-corrected chi connectivity index (χ0v) is 9.57. The van der Waals surface area contributed by atoms with Crippen molar-refractivity contribution in [1.29, 1.82) is 0 Å². The molecule has 1 saturated carbocycles. The van der Waals surface area contributed by atoms with Crippen LogP contribution in [0.1, 0.15) is 54.4 Å². The lowest BCUT2D eigenvalue weighted by atomic mass is 9.83. The summed E-state index contributed by atoms with van der Waals surface area (Å²) in [6, 6.07) is 0. The Bertz CT molecular complexity index is 167. The van der Waals surface area contributed by atoms with Gasteiger partial charge >= 0.3 is 0 Å². The van der Waals surface area contributed by atoms with Crippen LogP contribution >= 0.6 is 0 Å². The van der Waals surface area contributed by atoms with Crippen LogP contribution in [0.25, 0.3) is 0 Å². The van der Waals surface area contributed by atoms with Crippen molar-refractivity contribution in [2.45, 2.75) is 54.4 Å². The van der Waals surface area contributed by atoms with Crippen LogP contribution in [0.2, 0.25) is 0 Å². The molecule has 0 heteroatoms. The van der Waals surface area contributed by atoms with Crippen LogP contribution in [0.3, 0.4) is 0 Å². The molecule has 0 aromatic rings. The zero-order valence-electron chi connectivity index (χ0n) is 9.57. The van der Waals surface area contributed by atoms with Crippen molar-refractivity contribution in [3.05, 3.63) is 0 Å². The summed E-state index contributed by atoms with van der Waals surface area (Å²) in [4.78, 5) is 0. The van der Waals surface area contributed by atoms with Gasteiger partial charge in [0.05, 0.1) is 0 Å². The van der Waals surface area contributed by atoms with Crippen LogP contribution in [0.15, 0.2) is 0 Å². The van der Waals surface area contributed by atoms with Gasteiger partial charge in [-0.15, -0.1) is 0 Å². The van der Waals surface area contributed by atoms with Crippen LogP contribution in [0.4, 0.5) is 0 Å². The van der Waals surface area contributed by atoms with Gasteiger partial charge in [-0.25, -0.2) is 0 Å². The summed E-state index contributed by atoms with van der Waals surface area (Å²) in [5.41, 5.74) is 1.27. The predicted molar refractivity (Wildman–Crippen MR) is 55.1 cm³/mol. The van der Waals surface area contributed by atoms with Crippen molar-refractivity contribution in [3.63, 3.8) is 0 Å². The van der Waals surface area contributed by atoms with Crippen LogP contribution in [-0.2, 0) is 0 Å². The second kappa shape index (κ2) is 2.75. The van der Waals surface area contributed by atoms with E-state index in [-0.39, 0.29) is 0 Å². The van der Waals surface area contributed by atoms with Gasteiger partial charge in [0, 0.05) is 0 Å². The van der Waals surface area contributed by atoms with E-state index >= 15 is 0 Å². The van der Waals surface area contributed by atoms with Gasteiger partial charge in [-0.3, -0.25) is 0 Å². The second-order valence-electron chi connectivity index (χ2n) is 6.05. The maximum absolute atomic E-state index is 2.45. The molecular weight excluding hydrogens is 144 g/mol. The molecule has 1 aliphatic rings. The third-order valence-corrected chi connectivity index (χ3v) is 4.25. The highest BCUT2D eigenvalue weighted by molar-refractivity contribution is 5.06. The van der Waals surface area contributed by atoms with Gasteiger partial charge < -0.3 is 0 Å². The molecule has 12 heavy (non-hydrogen) atoms. The Morgan fingerprint density at radius 3 is 1.75 bits per heavy atom. The normalized spacial score (nSPS) is 35.2. The quantitative estimate of drug-likeness (QED) is 0.595. The first-order chi connectivity index (χ1) is 5.28. The third-order valence-electron chi connectivity index (χ3n) is 4.25. The fourth-order valence-corrected chi connectivity index (χ4v) is 2.23. The number of rotatable bonds is 3. The monoisotopic (exact) mass is 168 g/mol. The van der Waals surface area contributed by atoms with Gasteiger partial charge in [0.25, 0.3) is 0 Å². The molecule has 0 radical (unpaired) electrons. The Morgan fingerprint density at radius 1 is 1.08 bits per heavy atom. The van der Waals surface area contributed by atoms with E-state index in [0.29, 0.717) is 10.8 Å². The summed E-state index contributed by atoms with van der Waals surface area (Å²) in [5, 5.41) is 0. The molecule has 0 saturated heterocycles. The standard InChI is InChI=1S/C12H24/c1-9(2)10(3)7-12(6)8-11(12,4)5/h9-10H,7-8H2,1-6H3. The fourth-order valence-electron chi connectivity index (χ4n) is 2.23. The molecule has 0 nitrogen and oxygen atoms in total. The molecule has 1 aliphatic carbocycles. The Morgan fingerprint density at radius 2 is 1.50 bits per heavy atom. The maximum atomic E-state index is 2.45. The SMILES string of the molecule is CC(C)C(C)CC1(C)CC1(C)C. The second-order valence-corrected chi connectivity index (χ2v) is 6.05. The van der Waals surface area contributed by atoms with Gasteiger partial charge in [-0.1, -0.05) is 41.5 Å². The van der Waals surface area contributed by atoms with Crippen molar-refractivity contribution in [1.82, 2.24) is 0 Å². The molecule has 0 aromatic heterocycles. The lowest BCUT2D eigenvalue weighted by molar-refractivity contribution is 0.277. The highest BCUT2D eigenvalue weighted by atomic mass is 14.6. The Hall–Kier alpha value is 0. The minimum absolute atomic E-state index is 0.621.